The summed E-state index contributed by atoms with van der Waals surface area (Å²) in [6, 6.07) is 0.391. The van der Waals surface area contributed by atoms with Crippen molar-refractivity contribution in [2.45, 2.75) is 32.7 Å². The summed E-state index contributed by atoms with van der Waals surface area (Å²) in [5.41, 5.74) is 0.295. The van der Waals surface area contributed by atoms with Crippen LogP contribution in [0.15, 0.2) is 11.6 Å². The Morgan fingerprint density at radius 1 is 1.58 bits per heavy atom. The van der Waals surface area contributed by atoms with Crippen LogP contribution in [-0.2, 0) is 0 Å². The van der Waals surface area contributed by atoms with Crippen molar-refractivity contribution in [2.75, 3.05) is 11.4 Å². The van der Waals surface area contributed by atoms with Gasteiger partial charge in [0.2, 0.25) is 0 Å². The van der Waals surface area contributed by atoms with E-state index in [0.29, 0.717) is 23.5 Å². The van der Waals surface area contributed by atoms with Crippen molar-refractivity contribution < 1.29 is 9.90 Å². The van der Waals surface area contributed by atoms with E-state index in [1.54, 1.807) is 10.6 Å². The number of nitrogens with zero attached hydrogens (tertiary/aromatic N) is 3. The van der Waals surface area contributed by atoms with Crippen LogP contribution in [0.25, 0.3) is 4.96 Å². The van der Waals surface area contributed by atoms with Crippen LogP contribution in [0.2, 0.25) is 0 Å². The molecule has 2 aromatic rings. The number of carboxylic acids is 1. The minimum absolute atomic E-state index is 0.295. The second kappa shape index (κ2) is 4.52. The van der Waals surface area contributed by atoms with E-state index in [1.807, 2.05) is 5.38 Å². The molecule has 0 radical (unpaired) electrons. The van der Waals surface area contributed by atoms with Crippen molar-refractivity contribution in [1.29, 1.82) is 0 Å². The van der Waals surface area contributed by atoms with Gasteiger partial charge in [-0.1, -0.05) is 13.8 Å². The van der Waals surface area contributed by atoms with E-state index in [0.717, 1.165) is 24.3 Å². The highest BCUT2D eigenvalue weighted by Crippen LogP contribution is 2.33. The molecule has 1 saturated heterocycles. The van der Waals surface area contributed by atoms with E-state index in [4.69, 9.17) is 0 Å². The number of rotatable bonds is 3. The van der Waals surface area contributed by atoms with Crippen LogP contribution in [0.1, 0.15) is 37.2 Å². The highest BCUT2D eigenvalue weighted by Gasteiger charge is 2.33. The van der Waals surface area contributed by atoms with Crippen LogP contribution in [0, 0.1) is 5.92 Å². The second-order valence-electron chi connectivity index (χ2n) is 5.29. The molecular weight excluding hydrogens is 262 g/mol. The molecule has 1 atom stereocenters. The van der Waals surface area contributed by atoms with Crippen LogP contribution in [-0.4, -0.2) is 33.0 Å². The molecule has 0 aromatic carbocycles. The lowest BCUT2D eigenvalue weighted by Gasteiger charge is -2.28. The van der Waals surface area contributed by atoms with Gasteiger partial charge in [-0.3, -0.25) is 4.40 Å². The Kier molecular flexibility index (Phi) is 2.97. The van der Waals surface area contributed by atoms with E-state index in [1.165, 1.54) is 11.3 Å². The first kappa shape index (κ1) is 12.5. The largest absolute Gasteiger partial charge is 0.476 e. The van der Waals surface area contributed by atoms with E-state index in [9.17, 15) is 9.90 Å². The number of carboxylic acid groups (broad SMARTS) is 1. The van der Waals surface area contributed by atoms with Crippen molar-refractivity contribution in [3.63, 3.8) is 0 Å². The third kappa shape index (κ3) is 1.90. The zero-order valence-electron chi connectivity index (χ0n) is 11.0. The molecule has 1 aliphatic rings. The smallest absolute Gasteiger partial charge is 0.356 e. The molecule has 6 heteroatoms. The van der Waals surface area contributed by atoms with E-state index >= 15 is 0 Å². The summed E-state index contributed by atoms with van der Waals surface area (Å²) in [5.74, 6) is 0.231. The summed E-state index contributed by atoms with van der Waals surface area (Å²) in [6.45, 7) is 5.26. The van der Waals surface area contributed by atoms with Crippen molar-refractivity contribution >= 4 is 28.1 Å². The molecule has 19 heavy (non-hydrogen) atoms. The fourth-order valence-corrected chi connectivity index (χ4v) is 3.63. The van der Waals surface area contributed by atoms with Crippen LogP contribution >= 0.6 is 11.3 Å². The zero-order chi connectivity index (χ0) is 13.6. The first-order valence-corrected chi connectivity index (χ1v) is 7.43. The molecule has 0 amide bonds. The normalized spacial score (nSPS) is 19.7. The first-order chi connectivity index (χ1) is 9.09. The van der Waals surface area contributed by atoms with Gasteiger partial charge >= 0.3 is 5.97 Å². The van der Waals surface area contributed by atoms with Crippen LogP contribution in [0.5, 0.6) is 0 Å². The molecule has 2 aromatic heterocycles. The van der Waals surface area contributed by atoms with Gasteiger partial charge in [-0.05, 0) is 18.8 Å². The number of imidazole rings is 1. The van der Waals surface area contributed by atoms with Crippen LogP contribution < -0.4 is 4.90 Å². The number of hydrogen-bond donors (Lipinski definition) is 1. The van der Waals surface area contributed by atoms with Crippen molar-refractivity contribution in [3.8, 4) is 0 Å². The summed E-state index contributed by atoms with van der Waals surface area (Å²) in [5, 5.41) is 11.3. The highest BCUT2D eigenvalue weighted by molar-refractivity contribution is 7.15. The molecule has 3 rings (SSSR count). The van der Waals surface area contributed by atoms with Crippen LogP contribution in [0.4, 0.5) is 5.82 Å². The predicted molar refractivity (Wildman–Crippen MR) is 75.2 cm³/mol. The Morgan fingerprint density at radius 3 is 3.05 bits per heavy atom. The van der Waals surface area contributed by atoms with E-state index in [-0.39, 0.29) is 0 Å². The third-order valence-electron chi connectivity index (χ3n) is 3.79. The predicted octanol–water partition coefficient (Wildman–Crippen LogP) is 2.72. The third-order valence-corrected chi connectivity index (χ3v) is 4.54. The summed E-state index contributed by atoms with van der Waals surface area (Å²) >= 11 is 1.47. The summed E-state index contributed by atoms with van der Waals surface area (Å²) in [6.07, 6.45) is 4.00. The number of anilines is 1. The zero-order valence-corrected chi connectivity index (χ0v) is 11.9. The van der Waals surface area contributed by atoms with Gasteiger partial charge in [-0.15, -0.1) is 11.3 Å². The Labute approximate surface area is 115 Å². The Balaban J connectivity index is 2.11. The number of aromatic carboxylic acids is 1. The maximum absolute atomic E-state index is 11.5. The molecule has 5 nitrogen and oxygen atoms in total. The number of hydrogen-bond acceptors (Lipinski definition) is 4. The fourth-order valence-electron chi connectivity index (χ4n) is 2.92. The lowest BCUT2D eigenvalue weighted by Crippen LogP contribution is -2.34. The van der Waals surface area contributed by atoms with Crippen molar-refractivity contribution in [1.82, 2.24) is 9.38 Å². The number of carbonyl (C=O) groups is 1. The Morgan fingerprint density at radius 2 is 2.37 bits per heavy atom. The molecule has 0 bridgehead atoms. The van der Waals surface area contributed by atoms with Gasteiger partial charge in [0, 0.05) is 24.2 Å². The minimum Gasteiger partial charge on any atom is -0.476 e. The molecule has 1 aliphatic heterocycles. The van der Waals surface area contributed by atoms with Gasteiger partial charge in [0.05, 0.1) is 0 Å². The Hall–Kier alpha value is -1.56. The lowest BCUT2D eigenvalue weighted by molar-refractivity contribution is 0.0690. The SMILES string of the molecule is CC(C)C1CCCN1c1nc2sccn2c1C(=O)O. The standard InChI is InChI=1S/C13H17N3O2S/c1-8(2)9-4-3-5-15(9)11-10(12(17)18)16-6-7-19-13(16)14-11/h6-9H,3-5H2,1-2H3,(H,17,18). The molecule has 0 aliphatic carbocycles. The monoisotopic (exact) mass is 279 g/mol. The quantitative estimate of drug-likeness (QED) is 0.938. The first-order valence-electron chi connectivity index (χ1n) is 6.55. The van der Waals surface area contributed by atoms with Gasteiger partial charge in [-0.25, -0.2) is 9.78 Å². The molecule has 102 valence electrons. The van der Waals surface area contributed by atoms with Gasteiger partial charge in [0.25, 0.3) is 0 Å². The second-order valence-corrected chi connectivity index (χ2v) is 6.16. The fraction of sp³-hybridized carbons (Fsp3) is 0.538. The minimum atomic E-state index is -0.907. The number of fused-ring (bicyclic) bond motifs is 1. The highest BCUT2D eigenvalue weighted by atomic mass is 32.1. The maximum Gasteiger partial charge on any atom is 0.356 e. The van der Waals surface area contributed by atoms with Gasteiger partial charge in [0.15, 0.2) is 16.5 Å². The molecule has 1 unspecified atom stereocenters. The molecular formula is C13H17N3O2S. The van der Waals surface area contributed by atoms with E-state index in [2.05, 4.69) is 23.7 Å². The molecule has 0 saturated carbocycles. The molecule has 1 fully saturated rings. The summed E-state index contributed by atoms with van der Waals surface area (Å²) < 4.78 is 1.68. The Bertz CT molecular complexity index is 616. The van der Waals surface area contributed by atoms with E-state index < -0.39 is 5.97 Å². The average Bonchev–Trinajstić information content (AvgIpc) is 3.01. The summed E-state index contributed by atoms with van der Waals surface area (Å²) in [4.78, 5) is 19.0. The molecule has 1 N–H and O–H groups in total. The maximum atomic E-state index is 11.5. The van der Waals surface area contributed by atoms with Crippen molar-refractivity contribution in [3.05, 3.63) is 17.3 Å². The topological polar surface area (TPSA) is 57.8 Å². The van der Waals surface area contributed by atoms with Crippen molar-refractivity contribution in [2.24, 2.45) is 5.92 Å². The lowest BCUT2D eigenvalue weighted by atomic mass is 10.0. The van der Waals surface area contributed by atoms with Gasteiger partial charge in [-0.2, -0.15) is 0 Å². The number of thiazole rings is 1. The average molecular weight is 279 g/mol. The van der Waals surface area contributed by atoms with Crippen LogP contribution in [0.3, 0.4) is 0 Å². The summed E-state index contributed by atoms with van der Waals surface area (Å²) in [7, 11) is 0. The molecule has 3 heterocycles. The van der Waals surface area contributed by atoms with Gasteiger partial charge < -0.3 is 10.0 Å². The van der Waals surface area contributed by atoms with Gasteiger partial charge in [0.1, 0.15) is 0 Å². The molecule has 0 spiro atoms. The number of aromatic nitrogens is 2.